The molecule has 0 fully saturated rings. The Bertz CT molecular complexity index is 1110. The van der Waals surface area contributed by atoms with E-state index in [0.29, 0.717) is 23.4 Å². The minimum absolute atomic E-state index is 0.0364. The second kappa shape index (κ2) is 8.96. The van der Waals surface area contributed by atoms with Crippen molar-refractivity contribution in [2.24, 2.45) is 7.05 Å². The van der Waals surface area contributed by atoms with Crippen molar-refractivity contribution in [1.29, 1.82) is 0 Å². The molecule has 3 heterocycles. The quantitative estimate of drug-likeness (QED) is 0.528. The number of fused-ring (bicyclic) bond motifs is 1. The fourth-order valence-electron chi connectivity index (χ4n) is 3.04. The molecule has 0 bridgehead atoms. The van der Waals surface area contributed by atoms with Crippen LogP contribution in [0, 0.1) is 0 Å². The summed E-state index contributed by atoms with van der Waals surface area (Å²) in [5.74, 6) is -1.51. The van der Waals surface area contributed by atoms with Crippen molar-refractivity contribution in [1.82, 2.24) is 9.55 Å². The normalized spacial score (nSPS) is 11.5. The number of amides is 1. The molecular weight excluding hydrogens is 435 g/mol. The lowest BCUT2D eigenvalue weighted by atomic mass is 10.2. The van der Waals surface area contributed by atoms with E-state index in [9.17, 15) is 22.8 Å². The van der Waals surface area contributed by atoms with Crippen molar-refractivity contribution in [3.63, 3.8) is 0 Å². The van der Waals surface area contributed by atoms with Crippen LogP contribution in [0.3, 0.4) is 0 Å². The Balaban J connectivity index is 2.14. The molecule has 3 aromatic heterocycles. The van der Waals surface area contributed by atoms with E-state index < -0.39 is 18.8 Å². The number of aromatic nitrogens is 2. The van der Waals surface area contributed by atoms with E-state index in [-0.39, 0.29) is 35.0 Å². The number of hydrogen-bond acceptors (Lipinski definition) is 6. The lowest BCUT2D eigenvalue weighted by Gasteiger charge is -2.11. The molecule has 31 heavy (non-hydrogen) atoms. The number of nitrogens with zero attached hydrogens (tertiary/aromatic N) is 2. The van der Waals surface area contributed by atoms with Crippen LogP contribution in [0.1, 0.15) is 40.4 Å². The smallest absolute Gasteiger partial charge is 0.422 e. The van der Waals surface area contributed by atoms with E-state index in [2.05, 4.69) is 10.3 Å². The number of ether oxygens (including phenoxy) is 2. The number of anilines is 1. The summed E-state index contributed by atoms with van der Waals surface area (Å²) < 4.78 is 49.9. The van der Waals surface area contributed by atoms with Crippen LogP contribution >= 0.6 is 11.3 Å². The summed E-state index contributed by atoms with van der Waals surface area (Å²) in [5.41, 5.74) is 1.34. The van der Waals surface area contributed by atoms with Gasteiger partial charge in [-0.2, -0.15) is 24.5 Å². The minimum atomic E-state index is -4.61. The van der Waals surface area contributed by atoms with Crippen molar-refractivity contribution >= 4 is 39.9 Å². The zero-order valence-corrected chi connectivity index (χ0v) is 17.8. The number of carbonyl (C=O) groups is 2. The van der Waals surface area contributed by atoms with Gasteiger partial charge in [0.25, 0.3) is 5.91 Å². The van der Waals surface area contributed by atoms with Gasteiger partial charge in [-0.05, 0) is 30.9 Å². The summed E-state index contributed by atoms with van der Waals surface area (Å²) in [6, 6.07) is 3.12. The summed E-state index contributed by atoms with van der Waals surface area (Å²) in [4.78, 5) is 29.4. The lowest BCUT2D eigenvalue weighted by Crippen LogP contribution is -2.20. The third-order valence-electron chi connectivity index (χ3n) is 4.41. The van der Waals surface area contributed by atoms with Gasteiger partial charge in [-0.3, -0.25) is 4.79 Å². The van der Waals surface area contributed by atoms with Crippen LogP contribution < -0.4 is 10.1 Å². The van der Waals surface area contributed by atoms with Crippen molar-refractivity contribution in [2.45, 2.75) is 26.4 Å². The summed E-state index contributed by atoms with van der Waals surface area (Å²) >= 11 is 1.36. The Kier molecular flexibility index (Phi) is 6.54. The zero-order valence-electron chi connectivity index (χ0n) is 17.0. The van der Waals surface area contributed by atoms with Crippen molar-refractivity contribution < 1.29 is 32.2 Å². The Labute approximate surface area is 179 Å². The topological polar surface area (TPSA) is 82.4 Å². The van der Waals surface area contributed by atoms with Gasteiger partial charge in [-0.1, -0.05) is 6.92 Å². The summed E-state index contributed by atoms with van der Waals surface area (Å²) in [5, 5.41) is 6.33. The van der Waals surface area contributed by atoms with Crippen molar-refractivity contribution in [3.05, 3.63) is 39.8 Å². The predicted molar refractivity (Wildman–Crippen MR) is 110 cm³/mol. The predicted octanol–water partition coefficient (Wildman–Crippen LogP) is 4.57. The molecule has 0 unspecified atom stereocenters. The number of thiophene rings is 1. The van der Waals surface area contributed by atoms with Crippen molar-refractivity contribution in [3.8, 4) is 5.75 Å². The fraction of sp³-hybridized carbons (Fsp3) is 0.350. The van der Waals surface area contributed by atoms with Crippen LogP contribution in [0.4, 0.5) is 18.9 Å². The number of rotatable bonds is 7. The molecule has 3 aromatic rings. The average molecular weight is 455 g/mol. The minimum Gasteiger partial charge on any atom is -0.481 e. The maximum absolute atomic E-state index is 12.8. The van der Waals surface area contributed by atoms with Gasteiger partial charge >= 0.3 is 12.1 Å². The van der Waals surface area contributed by atoms with E-state index >= 15 is 0 Å². The molecule has 0 spiro atoms. The molecule has 0 aliphatic rings. The molecule has 7 nitrogen and oxygen atoms in total. The number of hydrogen-bond donors (Lipinski definition) is 1. The average Bonchev–Trinajstić information content (AvgIpc) is 3.32. The monoisotopic (exact) mass is 455 g/mol. The van der Waals surface area contributed by atoms with Crippen LogP contribution in [-0.2, 0) is 18.2 Å². The molecule has 0 saturated carbocycles. The molecule has 1 amide bonds. The molecule has 3 rings (SSSR count). The SMILES string of the molecule is CCOC(=O)c1c(OCC(F)(F)F)c2cc(NC(=O)c3ccsc3)c(CC)nc2n1C. The Morgan fingerprint density at radius 2 is 2.03 bits per heavy atom. The highest BCUT2D eigenvalue weighted by Crippen LogP contribution is 2.36. The van der Waals surface area contributed by atoms with Gasteiger partial charge in [0.2, 0.25) is 0 Å². The highest BCUT2D eigenvalue weighted by molar-refractivity contribution is 7.08. The first-order valence-electron chi connectivity index (χ1n) is 9.38. The van der Waals surface area contributed by atoms with Crippen LogP contribution in [0.15, 0.2) is 22.9 Å². The third kappa shape index (κ3) is 4.82. The number of aryl methyl sites for hydroxylation is 2. The van der Waals surface area contributed by atoms with Gasteiger partial charge in [0.05, 0.1) is 28.9 Å². The van der Waals surface area contributed by atoms with Gasteiger partial charge in [0.1, 0.15) is 5.65 Å². The highest BCUT2D eigenvalue weighted by atomic mass is 32.1. The van der Waals surface area contributed by atoms with E-state index in [1.54, 1.807) is 23.8 Å². The van der Waals surface area contributed by atoms with Gasteiger partial charge < -0.3 is 19.4 Å². The molecule has 0 radical (unpaired) electrons. The van der Waals surface area contributed by atoms with Crippen LogP contribution in [0.2, 0.25) is 0 Å². The molecule has 166 valence electrons. The molecule has 0 saturated heterocycles. The largest absolute Gasteiger partial charge is 0.481 e. The molecule has 1 N–H and O–H groups in total. The zero-order chi connectivity index (χ0) is 22.8. The standard InChI is InChI=1S/C20H20F3N3O4S/c1-4-13-14(25-18(27)11-6-7-31-9-11)8-12-16(30-10-20(21,22)23)15(19(28)29-5-2)26(3)17(12)24-13/h6-9H,4-5,10H2,1-3H3,(H,25,27). The molecule has 11 heteroatoms. The molecular formula is C20H20F3N3O4S. The highest BCUT2D eigenvalue weighted by Gasteiger charge is 2.32. The van der Waals surface area contributed by atoms with E-state index in [4.69, 9.17) is 9.47 Å². The number of nitrogens with one attached hydrogen (secondary N) is 1. The number of halogens is 3. The fourth-order valence-corrected chi connectivity index (χ4v) is 3.68. The molecule has 0 aliphatic heterocycles. The van der Waals surface area contributed by atoms with Crippen LogP contribution in [-0.4, -0.2) is 40.8 Å². The maximum Gasteiger partial charge on any atom is 0.422 e. The number of alkyl halides is 3. The van der Waals surface area contributed by atoms with Gasteiger partial charge in [-0.15, -0.1) is 0 Å². The summed E-state index contributed by atoms with van der Waals surface area (Å²) in [6.45, 7) is 1.85. The number of esters is 1. The molecule has 0 aliphatic carbocycles. The van der Waals surface area contributed by atoms with Gasteiger partial charge in [0, 0.05) is 12.4 Å². The second-order valence-corrected chi connectivity index (χ2v) is 7.31. The first-order valence-corrected chi connectivity index (χ1v) is 10.3. The maximum atomic E-state index is 12.8. The number of carbonyl (C=O) groups excluding carboxylic acids is 2. The lowest BCUT2D eigenvalue weighted by molar-refractivity contribution is -0.153. The summed E-state index contributed by atoms with van der Waals surface area (Å²) in [7, 11) is 1.49. The first-order chi connectivity index (χ1) is 14.7. The second-order valence-electron chi connectivity index (χ2n) is 6.53. The van der Waals surface area contributed by atoms with Crippen LogP contribution in [0.5, 0.6) is 5.75 Å². The van der Waals surface area contributed by atoms with E-state index in [0.717, 1.165) is 0 Å². The van der Waals surface area contributed by atoms with Gasteiger partial charge in [0.15, 0.2) is 18.1 Å². The Morgan fingerprint density at radius 1 is 1.29 bits per heavy atom. The van der Waals surface area contributed by atoms with Crippen LogP contribution in [0.25, 0.3) is 11.0 Å². The Morgan fingerprint density at radius 3 is 2.61 bits per heavy atom. The van der Waals surface area contributed by atoms with E-state index in [1.165, 1.54) is 29.0 Å². The Hall–Kier alpha value is -3.08. The molecule has 0 atom stereocenters. The first kappa shape index (κ1) is 22.6. The number of pyridine rings is 1. The van der Waals surface area contributed by atoms with Gasteiger partial charge in [-0.25, -0.2) is 9.78 Å². The third-order valence-corrected chi connectivity index (χ3v) is 5.09. The summed E-state index contributed by atoms with van der Waals surface area (Å²) in [6.07, 6.45) is -4.17. The molecule has 0 aromatic carbocycles. The van der Waals surface area contributed by atoms with Crippen molar-refractivity contribution in [2.75, 3.05) is 18.5 Å². The van der Waals surface area contributed by atoms with E-state index in [1.807, 2.05) is 6.92 Å².